The summed E-state index contributed by atoms with van der Waals surface area (Å²) in [5.41, 5.74) is 2.22. The average Bonchev–Trinajstić information content (AvgIpc) is 2.94. The average molecular weight is 438 g/mol. The minimum atomic E-state index is -3.42. The van der Waals surface area contributed by atoms with Crippen LogP contribution in [0.15, 0.2) is 42.7 Å². The predicted octanol–water partition coefficient (Wildman–Crippen LogP) is 3.70. The zero-order chi connectivity index (χ0) is 19.7. The van der Waals surface area contributed by atoms with Gasteiger partial charge in [0.05, 0.1) is 17.1 Å². The SMILES string of the molecule is CC(C)S(=O)(=O)Nc1cncc(-c2ccccc2O[C@H]2C[C@@H]3CNC[C@H]2C3)c1.Cl. The number of piperidine rings is 1. The van der Waals surface area contributed by atoms with E-state index >= 15 is 0 Å². The molecular weight excluding hydrogens is 410 g/mol. The molecule has 158 valence electrons. The Balaban J connectivity index is 0.00000240. The summed E-state index contributed by atoms with van der Waals surface area (Å²) < 4.78 is 33.4. The van der Waals surface area contributed by atoms with Gasteiger partial charge in [-0.3, -0.25) is 9.71 Å². The van der Waals surface area contributed by atoms with Crippen molar-refractivity contribution >= 4 is 28.1 Å². The molecule has 2 bridgehead atoms. The maximum absolute atomic E-state index is 12.2. The number of sulfonamides is 1. The Kier molecular flexibility index (Phi) is 6.71. The van der Waals surface area contributed by atoms with Crippen LogP contribution in [0.4, 0.5) is 5.69 Å². The lowest BCUT2D eigenvalue weighted by atomic mass is 10.0. The topological polar surface area (TPSA) is 80.3 Å². The number of anilines is 1. The Morgan fingerprint density at radius 3 is 2.72 bits per heavy atom. The number of fused-ring (bicyclic) bond motifs is 2. The molecule has 1 aromatic heterocycles. The molecule has 2 aromatic rings. The highest BCUT2D eigenvalue weighted by Crippen LogP contribution is 2.39. The zero-order valence-electron chi connectivity index (χ0n) is 16.7. The van der Waals surface area contributed by atoms with E-state index in [0.29, 0.717) is 17.5 Å². The van der Waals surface area contributed by atoms with E-state index in [1.165, 1.54) is 12.6 Å². The van der Waals surface area contributed by atoms with E-state index in [4.69, 9.17) is 4.74 Å². The van der Waals surface area contributed by atoms with Crippen LogP contribution >= 0.6 is 12.4 Å². The van der Waals surface area contributed by atoms with Gasteiger partial charge in [0.15, 0.2) is 0 Å². The van der Waals surface area contributed by atoms with Crippen molar-refractivity contribution in [2.45, 2.75) is 38.0 Å². The number of ether oxygens (including phenoxy) is 1. The molecule has 2 fully saturated rings. The van der Waals surface area contributed by atoms with Gasteiger partial charge in [0.1, 0.15) is 11.9 Å². The van der Waals surface area contributed by atoms with E-state index in [-0.39, 0.29) is 18.5 Å². The van der Waals surface area contributed by atoms with Gasteiger partial charge in [-0.25, -0.2) is 8.42 Å². The Bertz CT molecular complexity index is 952. The van der Waals surface area contributed by atoms with Crippen LogP contribution in [-0.4, -0.2) is 37.8 Å². The fourth-order valence-corrected chi connectivity index (χ4v) is 4.77. The number of nitrogens with zero attached hydrogens (tertiary/aromatic N) is 1. The van der Waals surface area contributed by atoms with Crippen LogP contribution in [0.5, 0.6) is 5.75 Å². The third-order valence-corrected chi connectivity index (χ3v) is 7.42. The van der Waals surface area contributed by atoms with Crippen LogP contribution < -0.4 is 14.8 Å². The number of hydrogen-bond donors (Lipinski definition) is 2. The molecule has 2 aliphatic rings. The highest BCUT2D eigenvalue weighted by Gasteiger charge is 2.38. The summed E-state index contributed by atoms with van der Waals surface area (Å²) in [5, 5.41) is 2.98. The number of para-hydroxylation sites is 1. The molecule has 3 atom stereocenters. The third kappa shape index (κ3) is 4.85. The molecule has 1 aromatic carbocycles. The quantitative estimate of drug-likeness (QED) is 0.720. The van der Waals surface area contributed by atoms with Gasteiger partial charge < -0.3 is 10.1 Å². The molecule has 1 aliphatic heterocycles. The Morgan fingerprint density at radius 2 is 1.97 bits per heavy atom. The summed E-state index contributed by atoms with van der Waals surface area (Å²) in [6.45, 7) is 5.39. The first-order valence-corrected chi connectivity index (χ1v) is 11.4. The Hall–Kier alpha value is -1.83. The summed E-state index contributed by atoms with van der Waals surface area (Å²) in [5.74, 6) is 2.08. The second kappa shape index (κ2) is 8.90. The van der Waals surface area contributed by atoms with Crippen LogP contribution in [0, 0.1) is 11.8 Å². The van der Waals surface area contributed by atoms with Gasteiger partial charge in [0, 0.05) is 29.8 Å². The van der Waals surface area contributed by atoms with Crippen molar-refractivity contribution in [1.82, 2.24) is 10.3 Å². The number of rotatable bonds is 6. The molecule has 1 saturated carbocycles. The number of aromatic nitrogens is 1. The van der Waals surface area contributed by atoms with Crippen LogP contribution in [0.2, 0.25) is 0 Å². The number of halogens is 1. The molecule has 1 aliphatic carbocycles. The predicted molar refractivity (Wildman–Crippen MR) is 118 cm³/mol. The van der Waals surface area contributed by atoms with E-state index in [1.54, 1.807) is 20.0 Å². The maximum Gasteiger partial charge on any atom is 0.235 e. The molecule has 0 unspecified atom stereocenters. The third-order valence-electron chi connectivity index (χ3n) is 5.66. The van der Waals surface area contributed by atoms with Gasteiger partial charge in [0.25, 0.3) is 0 Å². The standard InChI is InChI=1S/C21H27N3O3S.ClH/c1-14(2)28(25,26)24-18-9-16(11-23-13-18)19-5-3-4-6-20(19)27-21-8-15-7-17(21)12-22-10-15;/h3-6,9,11,13-15,17,21-22,24H,7-8,10,12H2,1-2H3;1H/t15-,17-,21+;/m1./s1. The molecule has 0 spiro atoms. The number of nitrogens with one attached hydrogen (secondary N) is 2. The van der Waals surface area contributed by atoms with Gasteiger partial charge in [-0.15, -0.1) is 12.4 Å². The van der Waals surface area contributed by atoms with Crippen LogP contribution in [0.1, 0.15) is 26.7 Å². The lowest BCUT2D eigenvalue weighted by molar-refractivity contribution is 0.161. The van der Waals surface area contributed by atoms with Crippen LogP contribution in [-0.2, 0) is 10.0 Å². The van der Waals surface area contributed by atoms with Gasteiger partial charge in [-0.05, 0) is 51.3 Å². The van der Waals surface area contributed by atoms with E-state index in [2.05, 4.69) is 15.0 Å². The highest BCUT2D eigenvalue weighted by molar-refractivity contribution is 7.93. The molecule has 6 nitrogen and oxygen atoms in total. The maximum atomic E-state index is 12.2. The summed E-state index contributed by atoms with van der Waals surface area (Å²) in [6, 6.07) is 9.71. The Labute approximate surface area is 178 Å². The first-order chi connectivity index (χ1) is 13.4. The van der Waals surface area contributed by atoms with Crippen LogP contribution in [0.3, 0.4) is 0 Å². The van der Waals surface area contributed by atoms with Crippen molar-refractivity contribution in [2.75, 3.05) is 17.8 Å². The lowest BCUT2D eigenvalue weighted by Crippen LogP contribution is -2.34. The Morgan fingerprint density at radius 1 is 1.17 bits per heavy atom. The fraction of sp³-hybridized carbons (Fsp3) is 0.476. The number of benzene rings is 1. The van der Waals surface area contributed by atoms with Gasteiger partial charge in [0.2, 0.25) is 10.0 Å². The summed E-state index contributed by atoms with van der Waals surface area (Å²) in [7, 11) is -3.42. The van der Waals surface area contributed by atoms with E-state index in [0.717, 1.165) is 36.4 Å². The van der Waals surface area contributed by atoms with Gasteiger partial charge in [-0.1, -0.05) is 18.2 Å². The van der Waals surface area contributed by atoms with E-state index in [1.807, 2.05) is 30.3 Å². The smallest absolute Gasteiger partial charge is 0.235 e. The van der Waals surface area contributed by atoms with Crippen molar-refractivity contribution in [3.8, 4) is 16.9 Å². The second-order valence-electron chi connectivity index (χ2n) is 8.07. The zero-order valence-corrected chi connectivity index (χ0v) is 18.3. The molecule has 4 rings (SSSR count). The number of pyridine rings is 1. The monoisotopic (exact) mass is 437 g/mol. The molecule has 8 heteroatoms. The van der Waals surface area contributed by atoms with Crippen molar-refractivity contribution in [3.63, 3.8) is 0 Å². The largest absolute Gasteiger partial charge is 0.489 e. The first-order valence-electron chi connectivity index (χ1n) is 9.86. The van der Waals surface area contributed by atoms with Crippen molar-refractivity contribution < 1.29 is 13.2 Å². The van der Waals surface area contributed by atoms with Gasteiger partial charge in [-0.2, -0.15) is 0 Å². The van der Waals surface area contributed by atoms with Gasteiger partial charge >= 0.3 is 0 Å². The minimum Gasteiger partial charge on any atom is -0.489 e. The lowest BCUT2D eigenvalue weighted by Gasteiger charge is -2.23. The second-order valence-corrected chi connectivity index (χ2v) is 10.3. The summed E-state index contributed by atoms with van der Waals surface area (Å²) >= 11 is 0. The summed E-state index contributed by atoms with van der Waals surface area (Å²) in [6.07, 6.45) is 5.80. The summed E-state index contributed by atoms with van der Waals surface area (Å²) in [4.78, 5) is 4.24. The minimum absolute atomic E-state index is 0. The molecular formula is C21H28ClN3O3S. The van der Waals surface area contributed by atoms with Crippen molar-refractivity contribution in [3.05, 3.63) is 42.7 Å². The van der Waals surface area contributed by atoms with Crippen molar-refractivity contribution in [2.24, 2.45) is 11.8 Å². The first kappa shape index (κ1) is 21.9. The molecule has 0 amide bonds. The molecule has 2 N–H and O–H groups in total. The molecule has 0 radical (unpaired) electrons. The van der Waals surface area contributed by atoms with E-state index < -0.39 is 15.3 Å². The molecule has 1 saturated heterocycles. The normalized spacial score (nSPS) is 23.5. The number of hydrogen-bond acceptors (Lipinski definition) is 5. The fourth-order valence-electron chi connectivity index (χ4n) is 4.09. The molecule has 2 heterocycles. The van der Waals surface area contributed by atoms with Crippen LogP contribution in [0.25, 0.3) is 11.1 Å². The van der Waals surface area contributed by atoms with E-state index in [9.17, 15) is 8.42 Å². The molecule has 29 heavy (non-hydrogen) atoms. The van der Waals surface area contributed by atoms with Crippen molar-refractivity contribution in [1.29, 1.82) is 0 Å². The highest BCUT2D eigenvalue weighted by atomic mass is 35.5.